The number of nitrogens with one attached hydrogen (secondary N) is 2. The van der Waals surface area contributed by atoms with Gasteiger partial charge in [0.05, 0.1) is 23.8 Å². The topological polar surface area (TPSA) is 76.7 Å². The van der Waals surface area contributed by atoms with Crippen molar-refractivity contribution in [3.8, 4) is 0 Å². The van der Waals surface area contributed by atoms with Gasteiger partial charge in [0, 0.05) is 12.5 Å². The molecular formula is C28H32F6N2O4. The second-order valence-corrected chi connectivity index (χ2v) is 11.1. The molecule has 0 bridgehead atoms. The first-order chi connectivity index (χ1) is 18.3. The number of alkyl carbamates (subject to hydrolysis) is 1. The summed E-state index contributed by atoms with van der Waals surface area (Å²) in [5, 5.41) is 5.18. The minimum Gasteiger partial charge on any atom is -0.444 e. The van der Waals surface area contributed by atoms with Crippen LogP contribution >= 0.6 is 0 Å². The van der Waals surface area contributed by atoms with E-state index in [1.54, 1.807) is 51.1 Å². The fraction of sp³-hybridized carbons (Fsp3) is 0.500. The van der Waals surface area contributed by atoms with Gasteiger partial charge in [0.2, 0.25) is 5.91 Å². The summed E-state index contributed by atoms with van der Waals surface area (Å²) in [6.07, 6.45) is -11.9. The van der Waals surface area contributed by atoms with Gasteiger partial charge in [-0.1, -0.05) is 30.3 Å². The smallest absolute Gasteiger partial charge is 0.416 e. The Bertz CT molecular complexity index is 1180. The van der Waals surface area contributed by atoms with E-state index in [1.807, 2.05) is 0 Å². The van der Waals surface area contributed by atoms with Crippen molar-refractivity contribution in [3.63, 3.8) is 0 Å². The third-order valence-electron chi connectivity index (χ3n) is 6.76. The van der Waals surface area contributed by atoms with Gasteiger partial charge in [-0.05, 0) is 69.9 Å². The van der Waals surface area contributed by atoms with E-state index >= 15 is 0 Å². The lowest BCUT2D eigenvalue weighted by atomic mass is 9.54. The summed E-state index contributed by atoms with van der Waals surface area (Å²) in [5.41, 5.74) is -5.52. The molecule has 2 aromatic carbocycles. The Morgan fingerprint density at radius 3 is 1.90 bits per heavy atom. The number of rotatable bonds is 7. The second kappa shape index (κ2) is 10.9. The molecule has 0 aliphatic heterocycles. The van der Waals surface area contributed by atoms with Gasteiger partial charge in [0.25, 0.3) is 0 Å². The molecule has 0 unspecified atom stereocenters. The molecule has 2 aromatic rings. The molecule has 3 rings (SSSR count). The van der Waals surface area contributed by atoms with Gasteiger partial charge in [-0.3, -0.25) is 4.79 Å². The van der Waals surface area contributed by atoms with E-state index in [2.05, 4.69) is 10.6 Å². The van der Waals surface area contributed by atoms with Crippen molar-refractivity contribution in [2.24, 2.45) is 0 Å². The van der Waals surface area contributed by atoms with Crippen LogP contribution in [0.3, 0.4) is 0 Å². The van der Waals surface area contributed by atoms with E-state index in [0.29, 0.717) is 12.1 Å². The summed E-state index contributed by atoms with van der Waals surface area (Å²) in [6.45, 7) is 6.21. The number of hydrogen-bond donors (Lipinski definition) is 2. The lowest BCUT2D eigenvalue weighted by Crippen LogP contribution is -2.71. The molecule has 2 N–H and O–H groups in total. The molecule has 2 amide bonds. The number of hydrogen-bond acceptors (Lipinski definition) is 4. The van der Waals surface area contributed by atoms with Gasteiger partial charge in [-0.2, -0.15) is 26.3 Å². The largest absolute Gasteiger partial charge is 0.444 e. The van der Waals surface area contributed by atoms with Crippen molar-refractivity contribution in [1.82, 2.24) is 10.6 Å². The molecule has 0 spiro atoms. The fourth-order valence-electron chi connectivity index (χ4n) is 4.92. The Balaban J connectivity index is 1.91. The van der Waals surface area contributed by atoms with Crippen molar-refractivity contribution in [2.45, 2.75) is 75.5 Å². The number of alkyl halides is 6. The van der Waals surface area contributed by atoms with Crippen LogP contribution in [0.1, 0.15) is 68.9 Å². The van der Waals surface area contributed by atoms with Gasteiger partial charge in [-0.15, -0.1) is 0 Å². The van der Waals surface area contributed by atoms with Crippen molar-refractivity contribution in [2.75, 3.05) is 13.7 Å². The molecule has 1 aliphatic rings. The van der Waals surface area contributed by atoms with Crippen LogP contribution in [0, 0.1) is 0 Å². The number of ether oxygens (including phenoxy) is 2. The van der Waals surface area contributed by atoms with Gasteiger partial charge in [0.15, 0.2) is 0 Å². The summed E-state index contributed by atoms with van der Waals surface area (Å²) in [4.78, 5) is 25.5. The molecular weight excluding hydrogens is 542 g/mol. The first-order valence-electron chi connectivity index (χ1n) is 12.5. The predicted octanol–water partition coefficient (Wildman–Crippen LogP) is 6.54. The van der Waals surface area contributed by atoms with Crippen LogP contribution in [0.5, 0.6) is 0 Å². The molecule has 40 heavy (non-hydrogen) atoms. The number of likely N-dealkylation sites (N-methyl/N-ethyl adjacent to an activating group) is 1. The number of halogens is 6. The zero-order valence-corrected chi connectivity index (χ0v) is 22.7. The normalized spacial score (nSPS) is 22.2. The molecule has 1 saturated carbocycles. The zero-order valence-electron chi connectivity index (χ0n) is 22.7. The van der Waals surface area contributed by atoms with Crippen LogP contribution in [0.25, 0.3) is 0 Å². The molecule has 0 aromatic heterocycles. The average molecular weight is 575 g/mol. The zero-order chi connectivity index (χ0) is 30.1. The van der Waals surface area contributed by atoms with Gasteiger partial charge >= 0.3 is 18.4 Å². The van der Waals surface area contributed by atoms with E-state index in [0.717, 1.165) is 5.56 Å². The lowest BCUT2D eigenvalue weighted by Gasteiger charge is -2.55. The van der Waals surface area contributed by atoms with E-state index in [9.17, 15) is 35.9 Å². The predicted molar refractivity (Wildman–Crippen MR) is 134 cm³/mol. The minimum atomic E-state index is -4.99. The number of carbonyl (C=O) groups excluding carboxylic acids is 2. The Morgan fingerprint density at radius 1 is 0.925 bits per heavy atom. The lowest BCUT2D eigenvalue weighted by molar-refractivity contribution is -0.143. The van der Waals surface area contributed by atoms with Crippen LogP contribution in [0.4, 0.5) is 31.1 Å². The number of carbonyl (C=O) groups is 2. The minimum absolute atomic E-state index is 0.0477. The highest BCUT2D eigenvalue weighted by Gasteiger charge is 2.60. The maximum atomic E-state index is 13.4. The summed E-state index contributed by atoms with van der Waals surface area (Å²) in [5.74, 6) is -0.481. The molecule has 1 aliphatic carbocycles. The van der Waals surface area contributed by atoms with E-state index < -0.39 is 58.1 Å². The first kappa shape index (κ1) is 31.3. The Hall–Kier alpha value is -3.28. The van der Waals surface area contributed by atoms with Crippen molar-refractivity contribution in [1.29, 1.82) is 0 Å². The Labute approximate surface area is 228 Å². The van der Waals surface area contributed by atoms with Crippen LogP contribution < -0.4 is 10.6 Å². The average Bonchev–Trinajstić information content (AvgIpc) is 2.82. The van der Waals surface area contributed by atoms with Crippen molar-refractivity contribution >= 4 is 12.0 Å². The van der Waals surface area contributed by atoms with E-state index in [1.165, 1.54) is 14.0 Å². The first-order valence-corrected chi connectivity index (χ1v) is 12.5. The summed E-state index contributed by atoms with van der Waals surface area (Å²) < 4.78 is 91.5. The monoisotopic (exact) mass is 574 g/mol. The third-order valence-corrected chi connectivity index (χ3v) is 6.76. The van der Waals surface area contributed by atoms with Gasteiger partial charge < -0.3 is 20.1 Å². The SMILES string of the molecule is CNC(=O)C1(NC(=O)OC(C)(C)C)CC(CO[C@H](C)c2cc(C(F)(F)F)cc(C(F)(F)F)c2)(c2ccccc2)C1. The summed E-state index contributed by atoms with van der Waals surface area (Å²) >= 11 is 0. The second-order valence-electron chi connectivity index (χ2n) is 11.1. The van der Waals surface area contributed by atoms with Gasteiger partial charge in [0.1, 0.15) is 11.1 Å². The molecule has 220 valence electrons. The standard InChI is InChI=1S/C28H32F6N2O4/c1-17(18-11-20(27(29,30)31)13-21(12-18)28(32,33)34)39-16-25(19-9-7-6-8-10-19)14-26(15-25,22(37)35-5)36-23(38)40-24(2,3)4/h6-13,17H,14-16H2,1-5H3,(H,35,37)(H,36,38)/t17-,25?,26?/m1/s1. The molecule has 0 radical (unpaired) electrons. The van der Waals surface area contributed by atoms with E-state index in [-0.39, 0.29) is 31.1 Å². The van der Waals surface area contributed by atoms with Crippen molar-refractivity contribution in [3.05, 3.63) is 70.8 Å². The molecule has 6 nitrogen and oxygen atoms in total. The highest BCUT2D eigenvalue weighted by Crippen LogP contribution is 2.51. The summed E-state index contributed by atoms with van der Waals surface area (Å²) in [6, 6.07) is 10.2. The summed E-state index contributed by atoms with van der Waals surface area (Å²) in [7, 11) is 1.41. The molecule has 1 fully saturated rings. The maximum absolute atomic E-state index is 13.4. The van der Waals surface area contributed by atoms with Crippen LogP contribution in [0.2, 0.25) is 0 Å². The van der Waals surface area contributed by atoms with Gasteiger partial charge in [-0.25, -0.2) is 4.79 Å². The molecule has 0 heterocycles. The maximum Gasteiger partial charge on any atom is 0.416 e. The van der Waals surface area contributed by atoms with Crippen molar-refractivity contribution < 1.29 is 45.4 Å². The van der Waals surface area contributed by atoms with Crippen LogP contribution in [0.15, 0.2) is 48.5 Å². The Morgan fingerprint density at radius 2 is 1.45 bits per heavy atom. The highest BCUT2D eigenvalue weighted by molar-refractivity contribution is 5.91. The molecule has 1 atom stereocenters. The molecule has 0 saturated heterocycles. The highest BCUT2D eigenvalue weighted by atomic mass is 19.4. The quantitative estimate of drug-likeness (QED) is 0.368. The van der Waals surface area contributed by atoms with Crippen LogP contribution in [-0.2, 0) is 32.0 Å². The Kier molecular flexibility index (Phi) is 8.55. The van der Waals surface area contributed by atoms with E-state index in [4.69, 9.17) is 9.47 Å². The molecule has 12 heteroatoms. The van der Waals surface area contributed by atoms with Crippen LogP contribution in [-0.4, -0.2) is 36.8 Å². The number of amides is 2. The third kappa shape index (κ3) is 7.07. The number of benzene rings is 2. The fourth-order valence-corrected chi connectivity index (χ4v) is 4.92.